The van der Waals surface area contributed by atoms with Gasteiger partial charge in [-0.25, -0.2) is 0 Å². The molecule has 0 aliphatic carbocycles. The van der Waals surface area contributed by atoms with E-state index >= 15 is 0 Å². The maximum Gasteiger partial charge on any atom is 0.0443 e. The second-order valence-corrected chi connectivity index (χ2v) is 4.14. The van der Waals surface area contributed by atoms with E-state index in [1.807, 2.05) is 11.3 Å². The van der Waals surface area contributed by atoms with E-state index in [0.717, 1.165) is 19.5 Å². The third-order valence-electron chi connectivity index (χ3n) is 1.61. The number of aliphatic hydroxyl groups is 1. The quantitative estimate of drug-likeness (QED) is 0.746. The monoisotopic (exact) mass is 221 g/mol. The number of hydrogen-bond acceptors (Lipinski definition) is 3. The molecule has 0 unspecified atom stereocenters. The molecule has 0 bridgehead atoms. The van der Waals surface area contributed by atoms with E-state index in [9.17, 15) is 0 Å². The second-order valence-electron chi connectivity index (χ2n) is 2.77. The zero-order valence-corrected chi connectivity index (χ0v) is 9.38. The van der Waals surface area contributed by atoms with Crippen LogP contribution in [0.2, 0.25) is 0 Å². The zero-order chi connectivity index (χ0) is 8.81. The van der Waals surface area contributed by atoms with Crippen LogP contribution < -0.4 is 5.32 Å². The standard InChI is InChI=1S/C9H15NOS.ClH/c1-8-3-4-9(12-8)7-10-5-2-6-11;/h3-4,10-11H,2,5-7H2,1H3;1H. The first-order valence-electron chi connectivity index (χ1n) is 4.20. The molecule has 0 radical (unpaired) electrons. The summed E-state index contributed by atoms with van der Waals surface area (Å²) in [6.07, 6.45) is 0.838. The number of nitrogens with one attached hydrogen (secondary N) is 1. The van der Waals surface area contributed by atoms with Crippen molar-refractivity contribution in [3.05, 3.63) is 21.9 Å². The highest BCUT2D eigenvalue weighted by atomic mass is 35.5. The van der Waals surface area contributed by atoms with Crippen LogP contribution in [0, 0.1) is 6.92 Å². The fourth-order valence-corrected chi connectivity index (χ4v) is 1.86. The molecule has 0 aliphatic rings. The third-order valence-corrected chi connectivity index (χ3v) is 2.61. The van der Waals surface area contributed by atoms with E-state index in [1.54, 1.807) is 0 Å². The van der Waals surface area contributed by atoms with Crippen LogP contribution in [0.15, 0.2) is 12.1 Å². The molecule has 0 saturated heterocycles. The van der Waals surface area contributed by atoms with Crippen molar-refractivity contribution in [2.75, 3.05) is 13.2 Å². The fourth-order valence-electron chi connectivity index (χ4n) is 0.996. The van der Waals surface area contributed by atoms with E-state index in [4.69, 9.17) is 5.11 Å². The molecule has 1 rings (SSSR count). The Kier molecular flexibility index (Phi) is 7.28. The average molecular weight is 222 g/mol. The minimum Gasteiger partial charge on any atom is -0.396 e. The predicted molar refractivity (Wildman–Crippen MR) is 59.7 cm³/mol. The highest BCUT2D eigenvalue weighted by Gasteiger charge is 1.94. The van der Waals surface area contributed by atoms with Crippen molar-refractivity contribution >= 4 is 23.7 Å². The van der Waals surface area contributed by atoms with E-state index in [2.05, 4.69) is 24.4 Å². The maximum absolute atomic E-state index is 8.53. The van der Waals surface area contributed by atoms with Crippen molar-refractivity contribution in [1.82, 2.24) is 5.32 Å². The first-order valence-corrected chi connectivity index (χ1v) is 5.01. The van der Waals surface area contributed by atoms with Gasteiger partial charge in [-0.05, 0) is 32.0 Å². The molecule has 1 aromatic heterocycles. The fraction of sp³-hybridized carbons (Fsp3) is 0.556. The molecule has 0 spiro atoms. The lowest BCUT2D eigenvalue weighted by Crippen LogP contribution is -2.14. The molecular formula is C9H16ClNOS. The largest absolute Gasteiger partial charge is 0.396 e. The summed E-state index contributed by atoms with van der Waals surface area (Å²) in [5.41, 5.74) is 0. The Morgan fingerprint density at radius 3 is 2.77 bits per heavy atom. The van der Waals surface area contributed by atoms with Gasteiger partial charge in [0, 0.05) is 22.9 Å². The van der Waals surface area contributed by atoms with Crippen molar-refractivity contribution in [3.8, 4) is 0 Å². The molecule has 4 heteroatoms. The van der Waals surface area contributed by atoms with Gasteiger partial charge >= 0.3 is 0 Å². The van der Waals surface area contributed by atoms with Gasteiger partial charge in [0.25, 0.3) is 0 Å². The first-order chi connectivity index (χ1) is 5.83. The summed E-state index contributed by atoms with van der Waals surface area (Å²) in [6, 6.07) is 4.28. The van der Waals surface area contributed by atoms with Crippen molar-refractivity contribution < 1.29 is 5.11 Å². The molecule has 0 saturated carbocycles. The van der Waals surface area contributed by atoms with Crippen LogP contribution >= 0.6 is 23.7 Å². The first kappa shape index (κ1) is 12.9. The Bertz CT molecular complexity index is 227. The lowest BCUT2D eigenvalue weighted by Gasteiger charge is -1.99. The van der Waals surface area contributed by atoms with Gasteiger partial charge in [0.15, 0.2) is 0 Å². The Labute approximate surface area is 89.4 Å². The number of halogens is 1. The minimum atomic E-state index is 0. The Morgan fingerprint density at radius 1 is 1.46 bits per heavy atom. The number of hydrogen-bond donors (Lipinski definition) is 2. The zero-order valence-electron chi connectivity index (χ0n) is 7.75. The Balaban J connectivity index is 0.00000144. The van der Waals surface area contributed by atoms with Gasteiger partial charge in [0.1, 0.15) is 0 Å². The Hall–Kier alpha value is -0.0900. The summed E-state index contributed by atoms with van der Waals surface area (Å²) < 4.78 is 0. The third kappa shape index (κ3) is 5.26. The summed E-state index contributed by atoms with van der Waals surface area (Å²) in [4.78, 5) is 2.72. The summed E-state index contributed by atoms with van der Waals surface area (Å²) in [7, 11) is 0. The van der Waals surface area contributed by atoms with Crippen LogP contribution in [0.3, 0.4) is 0 Å². The van der Waals surface area contributed by atoms with Gasteiger partial charge in [-0.3, -0.25) is 0 Å². The number of rotatable bonds is 5. The van der Waals surface area contributed by atoms with Crippen molar-refractivity contribution in [3.63, 3.8) is 0 Å². The molecule has 0 aliphatic heterocycles. The molecule has 0 fully saturated rings. The number of aliphatic hydroxyl groups excluding tert-OH is 1. The lowest BCUT2D eigenvalue weighted by atomic mass is 10.4. The molecule has 2 N–H and O–H groups in total. The van der Waals surface area contributed by atoms with Gasteiger partial charge in [-0.2, -0.15) is 0 Å². The topological polar surface area (TPSA) is 32.3 Å². The summed E-state index contributed by atoms with van der Waals surface area (Å²) in [6.45, 7) is 4.21. The number of thiophene rings is 1. The van der Waals surface area contributed by atoms with Crippen LogP contribution in [-0.4, -0.2) is 18.3 Å². The molecule has 0 atom stereocenters. The smallest absolute Gasteiger partial charge is 0.0443 e. The molecule has 1 heterocycles. The second kappa shape index (κ2) is 7.33. The maximum atomic E-state index is 8.53. The van der Waals surface area contributed by atoms with Crippen LogP contribution in [0.25, 0.3) is 0 Å². The van der Waals surface area contributed by atoms with Gasteiger partial charge in [-0.1, -0.05) is 0 Å². The van der Waals surface area contributed by atoms with E-state index in [1.165, 1.54) is 9.75 Å². The summed E-state index contributed by atoms with van der Waals surface area (Å²) in [5.74, 6) is 0. The van der Waals surface area contributed by atoms with Crippen molar-refractivity contribution in [2.45, 2.75) is 19.9 Å². The van der Waals surface area contributed by atoms with Gasteiger partial charge in [-0.15, -0.1) is 23.7 Å². The highest BCUT2D eigenvalue weighted by Crippen LogP contribution is 2.14. The van der Waals surface area contributed by atoms with Crippen LogP contribution in [0.1, 0.15) is 16.2 Å². The van der Waals surface area contributed by atoms with Gasteiger partial charge in [0.2, 0.25) is 0 Å². The van der Waals surface area contributed by atoms with Gasteiger partial charge < -0.3 is 10.4 Å². The van der Waals surface area contributed by atoms with E-state index < -0.39 is 0 Å². The lowest BCUT2D eigenvalue weighted by molar-refractivity contribution is 0.286. The van der Waals surface area contributed by atoms with Crippen LogP contribution in [0.5, 0.6) is 0 Å². The van der Waals surface area contributed by atoms with E-state index in [0.29, 0.717) is 0 Å². The summed E-state index contributed by atoms with van der Waals surface area (Å²) in [5, 5.41) is 11.8. The van der Waals surface area contributed by atoms with Crippen molar-refractivity contribution in [1.29, 1.82) is 0 Å². The van der Waals surface area contributed by atoms with E-state index in [-0.39, 0.29) is 19.0 Å². The summed E-state index contributed by atoms with van der Waals surface area (Å²) >= 11 is 1.82. The SMILES string of the molecule is Cc1ccc(CNCCCO)s1.Cl. The normalized spacial score (nSPS) is 9.69. The number of aryl methyl sites for hydroxylation is 1. The predicted octanol–water partition coefficient (Wildman–Crippen LogP) is 1.95. The molecule has 2 nitrogen and oxygen atoms in total. The average Bonchev–Trinajstić information content (AvgIpc) is 2.45. The molecule has 0 amide bonds. The minimum absolute atomic E-state index is 0. The molecule has 0 aromatic carbocycles. The van der Waals surface area contributed by atoms with Crippen molar-refractivity contribution in [2.24, 2.45) is 0 Å². The molecular weight excluding hydrogens is 206 g/mol. The Morgan fingerprint density at radius 2 is 2.23 bits per heavy atom. The van der Waals surface area contributed by atoms with Crippen LogP contribution in [0.4, 0.5) is 0 Å². The van der Waals surface area contributed by atoms with Gasteiger partial charge in [0.05, 0.1) is 0 Å². The van der Waals surface area contributed by atoms with Crippen LogP contribution in [-0.2, 0) is 6.54 Å². The molecule has 1 aromatic rings. The highest BCUT2D eigenvalue weighted by molar-refractivity contribution is 7.11. The molecule has 13 heavy (non-hydrogen) atoms. The molecule has 76 valence electrons.